The minimum Gasteiger partial charge on any atom is -0.296 e. The average Bonchev–Trinajstić information content (AvgIpc) is 1.86. The Morgan fingerprint density at radius 2 is 1.91 bits per heavy atom. The third-order valence-electron chi connectivity index (χ3n) is 1.40. The minimum absolute atomic E-state index is 0.283. The summed E-state index contributed by atoms with van der Waals surface area (Å²) in [6.07, 6.45) is 1.64. The fourth-order valence-electron chi connectivity index (χ4n) is 0.906. The first-order valence-electron chi connectivity index (χ1n) is 3.46. The molecule has 0 rings (SSSR count). The summed E-state index contributed by atoms with van der Waals surface area (Å²) in [5.74, 6) is -0.681. The highest BCUT2D eigenvalue weighted by Crippen LogP contribution is 2.25. The number of allylic oxidation sites excluding steroid dienone is 1. The SMILES string of the molecule is CC=C(C(=O)OO)C(C)(C)C. The Morgan fingerprint density at radius 3 is 2.00 bits per heavy atom. The molecule has 64 valence electrons. The molecule has 0 atom stereocenters. The molecule has 3 nitrogen and oxygen atoms in total. The molecule has 0 unspecified atom stereocenters. The van der Waals surface area contributed by atoms with Gasteiger partial charge in [-0.25, -0.2) is 4.79 Å². The molecule has 0 aliphatic heterocycles. The van der Waals surface area contributed by atoms with Gasteiger partial charge in [0.15, 0.2) is 0 Å². The molecule has 0 fully saturated rings. The van der Waals surface area contributed by atoms with Crippen molar-refractivity contribution in [3.8, 4) is 0 Å². The number of rotatable bonds is 1. The van der Waals surface area contributed by atoms with E-state index >= 15 is 0 Å². The van der Waals surface area contributed by atoms with Crippen LogP contribution in [-0.4, -0.2) is 11.2 Å². The van der Waals surface area contributed by atoms with E-state index in [0.29, 0.717) is 5.57 Å². The summed E-state index contributed by atoms with van der Waals surface area (Å²) in [4.78, 5) is 14.5. The molecule has 11 heavy (non-hydrogen) atoms. The second-order valence-corrected chi connectivity index (χ2v) is 3.33. The van der Waals surface area contributed by atoms with Crippen molar-refractivity contribution in [3.05, 3.63) is 11.6 Å². The van der Waals surface area contributed by atoms with E-state index in [-0.39, 0.29) is 5.41 Å². The lowest BCUT2D eigenvalue weighted by Crippen LogP contribution is -2.18. The third-order valence-corrected chi connectivity index (χ3v) is 1.40. The first-order chi connectivity index (χ1) is 4.93. The van der Waals surface area contributed by atoms with Gasteiger partial charge < -0.3 is 0 Å². The van der Waals surface area contributed by atoms with Crippen LogP contribution in [0.5, 0.6) is 0 Å². The predicted molar refractivity (Wildman–Crippen MR) is 41.9 cm³/mol. The van der Waals surface area contributed by atoms with Crippen LogP contribution in [0.4, 0.5) is 0 Å². The van der Waals surface area contributed by atoms with Crippen LogP contribution in [0.25, 0.3) is 0 Å². The second kappa shape index (κ2) is 3.53. The zero-order valence-electron chi connectivity index (χ0n) is 7.34. The minimum atomic E-state index is -0.681. The summed E-state index contributed by atoms with van der Waals surface area (Å²) in [5, 5.41) is 8.11. The fourth-order valence-corrected chi connectivity index (χ4v) is 0.906. The maximum absolute atomic E-state index is 10.8. The Labute approximate surface area is 66.6 Å². The zero-order valence-corrected chi connectivity index (χ0v) is 7.34. The molecule has 0 saturated heterocycles. The summed E-state index contributed by atoms with van der Waals surface area (Å²) in [6.45, 7) is 7.36. The molecule has 0 heterocycles. The van der Waals surface area contributed by atoms with Gasteiger partial charge in [0.2, 0.25) is 0 Å². The Kier molecular flexibility index (Phi) is 3.26. The molecule has 0 amide bonds. The van der Waals surface area contributed by atoms with Crippen molar-refractivity contribution < 1.29 is 14.9 Å². The van der Waals surface area contributed by atoms with Crippen LogP contribution in [0.2, 0.25) is 0 Å². The van der Waals surface area contributed by atoms with Crippen molar-refractivity contribution in [2.45, 2.75) is 27.7 Å². The Morgan fingerprint density at radius 1 is 1.45 bits per heavy atom. The molecule has 0 bridgehead atoms. The molecule has 1 N–H and O–H groups in total. The molecule has 0 aliphatic rings. The summed E-state index contributed by atoms with van der Waals surface area (Å²) < 4.78 is 0. The van der Waals surface area contributed by atoms with Crippen LogP contribution in [0, 0.1) is 5.41 Å². The van der Waals surface area contributed by atoms with Crippen molar-refractivity contribution in [2.75, 3.05) is 0 Å². The smallest absolute Gasteiger partial charge is 0.296 e. The van der Waals surface area contributed by atoms with Crippen LogP contribution in [-0.2, 0) is 9.68 Å². The largest absolute Gasteiger partial charge is 0.369 e. The summed E-state index contributed by atoms with van der Waals surface area (Å²) in [7, 11) is 0. The molecule has 3 heteroatoms. The summed E-state index contributed by atoms with van der Waals surface area (Å²) in [5.41, 5.74) is 0.189. The Bertz CT molecular complexity index is 174. The van der Waals surface area contributed by atoms with Gasteiger partial charge >= 0.3 is 5.97 Å². The highest BCUT2D eigenvalue weighted by atomic mass is 17.1. The normalized spacial score (nSPS) is 13.0. The lowest BCUT2D eigenvalue weighted by molar-refractivity contribution is -0.230. The van der Waals surface area contributed by atoms with Gasteiger partial charge in [0.25, 0.3) is 0 Å². The average molecular weight is 158 g/mol. The van der Waals surface area contributed by atoms with E-state index in [0.717, 1.165) is 0 Å². The molecule has 0 spiro atoms. The number of hydrogen-bond donors (Lipinski definition) is 1. The number of carbonyl (C=O) groups is 1. The highest BCUT2D eigenvalue weighted by molar-refractivity contribution is 5.89. The van der Waals surface area contributed by atoms with Crippen LogP contribution >= 0.6 is 0 Å². The molecule has 0 aromatic carbocycles. The van der Waals surface area contributed by atoms with Crippen molar-refractivity contribution in [1.29, 1.82) is 0 Å². The van der Waals surface area contributed by atoms with Crippen molar-refractivity contribution in [1.82, 2.24) is 0 Å². The number of carbonyl (C=O) groups excluding carboxylic acids is 1. The maximum Gasteiger partial charge on any atom is 0.369 e. The van der Waals surface area contributed by atoms with Crippen LogP contribution in [0.1, 0.15) is 27.7 Å². The lowest BCUT2D eigenvalue weighted by atomic mass is 9.86. The molecular weight excluding hydrogens is 144 g/mol. The van der Waals surface area contributed by atoms with Gasteiger partial charge in [0.1, 0.15) is 0 Å². The van der Waals surface area contributed by atoms with Gasteiger partial charge in [0.05, 0.1) is 0 Å². The molecule has 0 radical (unpaired) electrons. The van der Waals surface area contributed by atoms with Crippen LogP contribution in [0.3, 0.4) is 0 Å². The second-order valence-electron chi connectivity index (χ2n) is 3.33. The van der Waals surface area contributed by atoms with E-state index < -0.39 is 5.97 Å². The predicted octanol–water partition coefficient (Wildman–Crippen LogP) is 2.00. The molecule has 0 aromatic rings. The molecular formula is C8H14O3. The van der Waals surface area contributed by atoms with Crippen molar-refractivity contribution in [3.63, 3.8) is 0 Å². The summed E-state index contributed by atoms with van der Waals surface area (Å²) >= 11 is 0. The van der Waals surface area contributed by atoms with E-state index in [2.05, 4.69) is 4.89 Å². The monoisotopic (exact) mass is 158 g/mol. The van der Waals surface area contributed by atoms with Crippen molar-refractivity contribution in [2.24, 2.45) is 5.41 Å². The van der Waals surface area contributed by atoms with Gasteiger partial charge in [-0.15, -0.1) is 0 Å². The van der Waals surface area contributed by atoms with E-state index in [1.165, 1.54) is 0 Å². The maximum atomic E-state index is 10.8. The van der Waals surface area contributed by atoms with Crippen molar-refractivity contribution >= 4 is 5.97 Å². The van der Waals surface area contributed by atoms with Crippen LogP contribution in [0.15, 0.2) is 11.6 Å². The van der Waals surface area contributed by atoms with E-state index in [1.807, 2.05) is 20.8 Å². The summed E-state index contributed by atoms with van der Waals surface area (Å²) in [6, 6.07) is 0. The van der Waals surface area contributed by atoms with Crippen LogP contribution < -0.4 is 0 Å². The van der Waals surface area contributed by atoms with Gasteiger partial charge in [0, 0.05) is 5.57 Å². The third kappa shape index (κ3) is 2.72. The van der Waals surface area contributed by atoms with Gasteiger partial charge in [-0.2, -0.15) is 5.26 Å². The Hall–Kier alpha value is -0.830. The molecule has 0 saturated carbocycles. The Balaban J connectivity index is 4.58. The fraction of sp³-hybridized carbons (Fsp3) is 0.625. The van der Waals surface area contributed by atoms with E-state index in [1.54, 1.807) is 13.0 Å². The van der Waals surface area contributed by atoms with Gasteiger partial charge in [-0.05, 0) is 12.3 Å². The first-order valence-corrected chi connectivity index (χ1v) is 3.46. The lowest BCUT2D eigenvalue weighted by Gasteiger charge is -2.19. The topological polar surface area (TPSA) is 46.5 Å². The standard InChI is InChI=1S/C8H14O3/c1-5-6(7(9)11-10)8(2,3)4/h5,10H,1-4H3. The quantitative estimate of drug-likeness (QED) is 0.360. The van der Waals surface area contributed by atoms with Gasteiger partial charge in [-0.1, -0.05) is 26.8 Å². The molecule has 0 aliphatic carbocycles. The first kappa shape index (κ1) is 10.2. The highest BCUT2D eigenvalue weighted by Gasteiger charge is 2.24. The molecule has 0 aromatic heterocycles. The zero-order chi connectivity index (χ0) is 9.07. The number of hydrogen-bond acceptors (Lipinski definition) is 3. The van der Waals surface area contributed by atoms with E-state index in [4.69, 9.17) is 5.26 Å². The van der Waals surface area contributed by atoms with E-state index in [9.17, 15) is 4.79 Å². The van der Waals surface area contributed by atoms with Gasteiger partial charge in [-0.3, -0.25) is 4.89 Å².